The van der Waals surface area contributed by atoms with Crippen LogP contribution in [0.4, 0.5) is 0 Å². The van der Waals surface area contributed by atoms with Crippen LogP contribution < -0.4 is 4.74 Å². The number of carbonyl (C=O) groups is 2. The molecule has 1 unspecified atom stereocenters. The smallest absolute Gasteiger partial charge is 0.329 e. The lowest BCUT2D eigenvalue weighted by Crippen LogP contribution is -2.12. The maximum absolute atomic E-state index is 10.6. The Morgan fingerprint density at radius 1 is 1.09 bits per heavy atom. The summed E-state index contributed by atoms with van der Waals surface area (Å²) in [4.78, 5) is 20.9. The van der Waals surface area contributed by atoms with Crippen molar-refractivity contribution in [2.24, 2.45) is 0 Å². The van der Waals surface area contributed by atoms with E-state index in [1.165, 1.54) is 5.56 Å². The minimum atomic E-state index is -0.997. The summed E-state index contributed by atoms with van der Waals surface area (Å²) >= 11 is 0. The minimum Gasteiger partial charge on any atom is -0.491 e. The Morgan fingerprint density at radius 3 is 2.35 bits per heavy atom. The molecular weight excluding hydrogens is 300 g/mol. The molecule has 2 N–H and O–H groups in total. The van der Waals surface area contributed by atoms with Crippen molar-refractivity contribution in [3.8, 4) is 5.75 Å². The molecule has 1 atom stereocenters. The van der Waals surface area contributed by atoms with Crippen molar-refractivity contribution in [2.45, 2.75) is 38.5 Å². The second kappa shape index (κ2) is 10.6. The van der Waals surface area contributed by atoms with Crippen LogP contribution in [0.25, 0.3) is 0 Å². The molecule has 128 valence electrons. The Bertz CT molecular complexity index is 482. The quantitative estimate of drug-likeness (QED) is 0.574. The zero-order valence-electron chi connectivity index (χ0n) is 13.4. The number of carboxylic acids is 2. The largest absolute Gasteiger partial charge is 0.491 e. The van der Waals surface area contributed by atoms with Crippen molar-refractivity contribution in [2.75, 3.05) is 19.8 Å². The first-order valence-corrected chi connectivity index (χ1v) is 7.77. The maximum atomic E-state index is 10.6. The maximum Gasteiger partial charge on any atom is 0.329 e. The van der Waals surface area contributed by atoms with Crippen LogP contribution >= 0.6 is 0 Å². The first kappa shape index (κ1) is 19.0. The Hall–Kier alpha value is -2.08. The highest BCUT2D eigenvalue weighted by molar-refractivity contribution is 5.68. The van der Waals surface area contributed by atoms with E-state index in [0.717, 1.165) is 12.8 Å². The third-order valence-corrected chi connectivity index (χ3v) is 3.51. The van der Waals surface area contributed by atoms with E-state index in [0.29, 0.717) is 24.7 Å². The molecule has 6 nitrogen and oxygen atoms in total. The fourth-order valence-electron chi connectivity index (χ4n) is 2.32. The lowest BCUT2D eigenvalue weighted by molar-refractivity contribution is -0.142. The zero-order valence-corrected chi connectivity index (χ0v) is 13.4. The van der Waals surface area contributed by atoms with Gasteiger partial charge in [-0.05, 0) is 42.9 Å². The van der Waals surface area contributed by atoms with Gasteiger partial charge in [0.05, 0.1) is 6.61 Å². The number of hydrogen-bond donors (Lipinski definition) is 2. The van der Waals surface area contributed by atoms with Crippen LogP contribution in [0, 0.1) is 0 Å². The molecule has 0 saturated heterocycles. The molecule has 0 heterocycles. The Labute approximate surface area is 136 Å². The molecule has 0 spiro atoms. The topological polar surface area (TPSA) is 93.1 Å². The van der Waals surface area contributed by atoms with Gasteiger partial charge in [0, 0.05) is 6.42 Å². The number of aliphatic carboxylic acids is 2. The average Bonchev–Trinajstić information content (AvgIpc) is 2.51. The molecule has 0 saturated carbocycles. The van der Waals surface area contributed by atoms with E-state index in [9.17, 15) is 9.59 Å². The van der Waals surface area contributed by atoms with Crippen molar-refractivity contribution in [3.63, 3.8) is 0 Å². The second-order valence-corrected chi connectivity index (χ2v) is 5.25. The standard InChI is InChI=1S/C17H24O6/c1-2-13(4-3-5-16(18)19)14-6-8-15(9-7-14)23-11-10-22-12-17(20)21/h6-9,13H,2-5,10-12H2,1H3,(H,18,19)(H,20,21). The first-order chi connectivity index (χ1) is 11.0. The number of benzene rings is 1. The van der Waals surface area contributed by atoms with Gasteiger partial charge >= 0.3 is 11.9 Å². The van der Waals surface area contributed by atoms with Gasteiger partial charge in [0.1, 0.15) is 19.0 Å². The van der Waals surface area contributed by atoms with Crippen LogP contribution in [0.3, 0.4) is 0 Å². The summed E-state index contributed by atoms with van der Waals surface area (Å²) in [6.45, 7) is 2.29. The Balaban J connectivity index is 2.38. The van der Waals surface area contributed by atoms with E-state index in [1.807, 2.05) is 24.3 Å². The third-order valence-electron chi connectivity index (χ3n) is 3.51. The first-order valence-electron chi connectivity index (χ1n) is 7.77. The van der Waals surface area contributed by atoms with Gasteiger partial charge in [0.25, 0.3) is 0 Å². The SMILES string of the molecule is CCC(CCCC(=O)O)c1ccc(OCCOCC(=O)O)cc1. The zero-order chi connectivity index (χ0) is 17.1. The minimum absolute atomic E-state index is 0.202. The molecule has 0 fully saturated rings. The van der Waals surface area contributed by atoms with Crippen LogP contribution in [0.15, 0.2) is 24.3 Å². The van der Waals surface area contributed by atoms with Crippen molar-refractivity contribution in [1.29, 1.82) is 0 Å². The predicted molar refractivity (Wildman–Crippen MR) is 84.9 cm³/mol. The van der Waals surface area contributed by atoms with Gasteiger partial charge in [-0.15, -0.1) is 0 Å². The molecular formula is C17H24O6. The van der Waals surface area contributed by atoms with E-state index >= 15 is 0 Å². The average molecular weight is 324 g/mol. The van der Waals surface area contributed by atoms with Gasteiger partial charge < -0.3 is 19.7 Å². The van der Waals surface area contributed by atoms with Gasteiger partial charge in [0.2, 0.25) is 0 Å². The molecule has 0 amide bonds. The van der Waals surface area contributed by atoms with Crippen LogP contribution in [-0.4, -0.2) is 42.0 Å². The van der Waals surface area contributed by atoms with Crippen LogP contribution in [-0.2, 0) is 14.3 Å². The number of hydrogen-bond acceptors (Lipinski definition) is 4. The summed E-state index contributed by atoms with van der Waals surface area (Å²) in [5.41, 5.74) is 1.17. The molecule has 0 radical (unpaired) electrons. The van der Waals surface area contributed by atoms with Crippen LogP contribution in [0.1, 0.15) is 44.1 Å². The van der Waals surface area contributed by atoms with E-state index in [4.69, 9.17) is 19.7 Å². The molecule has 0 aliphatic carbocycles. The highest BCUT2D eigenvalue weighted by Crippen LogP contribution is 2.27. The molecule has 6 heteroatoms. The number of ether oxygens (including phenoxy) is 2. The molecule has 23 heavy (non-hydrogen) atoms. The summed E-state index contributed by atoms with van der Waals surface area (Å²) in [7, 11) is 0. The van der Waals surface area contributed by atoms with Gasteiger partial charge in [-0.2, -0.15) is 0 Å². The third kappa shape index (κ3) is 8.21. The summed E-state index contributed by atoms with van der Waals surface area (Å²) in [6.07, 6.45) is 2.69. The van der Waals surface area contributed by atoms with Crippen molar-refractivity contribution in [1.82, 2.24) is 0 Å². The fourth-order valence-corrected chi connectivity index (χ4v) is 2.32. The van der Waals surface area contributed by atoms with Crippen molar-refractivity contribution < 1.29 is 29.3 Å². The molecule has 0 aliphatic rings. The van der Waals surface area contributed by atoms with Crippen LogP contribution in [0.5, 0.6) is 5.75 Å². The fraction of sp³-hybridized carbons (Fsp3) is 0.529. The van der Waals surface area contributed by atoms with E-state index in [-0.39, 0.29) is 19.6 Å². The van der Waals surface area contributed by atoms with Gasteiger partial charge in [-0.3, -0.25) is 4.79 Å². The molecule has 0 bridgehead atoms. The van der Waals surface area contributed by atoms with E-state index in [1.54, 1.807) is 0 Å². The molecule has 1 aromatic rings. The Morgan fingerprint density at radius 2 is 1.78 bits per heavy atom. The van der Waals surface area contributed by atoms with E-state index in [2.05, 4.69) is 6.92 Å². The van der Waals surface area contributed by atoms with E-state index < -0.39 is 11.9 Å². The van der Waals surface area contributed by atoms with Crippen LogP contribution in [0.2, 0.25) is 0 Å². The predicted octanol–water partition coefficient (Wildman–Crippen LogP) is 2.92. The van der Waals surface area contributed by atoms with Gasteiger partial charge in [-0.1, -0.05) is 19.1 Å². The van der Waals surface area contributed by atoms with Gasteiger partial charge in [-0.25, -0.2) is 4.79 Å². The van der Waals surface area contributed by atoms with Crippen molar-refractivity contribution >= 4 is 11.9 Å². The summed E-state index contributed by atoms with van der Waals surface area (Å²) in [5, 5.41) is 17.1. The second-order valence-electron chi connectivity index (χ2n) is 5.25. The number of carboxylic acid groups (broad SMARTS) is 2. The lowest BCUT2D eigenvalue weighted by Gasteiger charge is -2.15. The number of rotatable bonds is 12. The summed E-state index contributed by atoms with van der Waals surface area (Å²) < 4.78 is 10.4. The van der Waals surface area contributed by atoms with Gasteiger partial charge in [0.15, 0.2) is 0 Å². The molecule has 0 aromatic heterocycles. The molecule has 1 aromatic carbocycles. The lowest BCUT2D eigenvalue weighted by atomic mass is 9.91. The molecule has 0 aliphatic heterocycles. The highest BCUT2D eigenvalue weighted by atomic mass is 16.5. The molecule has 1 rings (SSSR count). The summed E-state index contributed by atoms with van der Waals surface area (Å²) in [5.74, 6) is -0.702. The summed E-state index contributed by atoms with van der Waals surface area (Å²) in [6, 6.07) is 7.71. The normalized spacial score (nSPS) is 11.9. The highest BCUT2D eigenvalue weighted by Gasteiger charge is 2.10. The monoisotopic (exact) mass is 324 g/mol. The van der Waals surface area contributed by atoms with Crippen molar-refractivity contribution in [3.05, 3.63) is 29.8 Å². The Kier molecular flexibility index (Phi) is 8.75.